The highest BCUT2D eigenvalue weighted by molar-refractivity contribution is 5.99. The average molecular weight is 371 g/mol. The van der Waals surface area contributed by atoms with E-state index in [2.05, 4.69) is 15.8 Å². The van der Waals surface area contributed by atoms with E-state index in [1.54, 1.807) is 44.4 Å². The molecule has 0 aromatic heterocycles. The Labute approximate surface area is 156 Å². The summed E-state index contributed by atoms with van der Waals surface area (Å²) in [5.41, 5.74) is 4.63. The predicted molar refractivity (Wildman–Crippen MR) is 101 cm³/mol. The van der Waals surface area contributed by atoms with E-state index in [1.165, 1.54) is 0 Å². The number of carbonyl (C=O) groups is 2. The second-order valence-corrected chi connectivity index (χ2v) is 5.52. The number of anilines is 1. The zero-order chi connectivity index (χ0) is 19.6. The number of amides is 1. The van der Waals surface area contributed by atoms with Gasteiger partial charge in [0.15, 0.2) is 6.61 Å². The molecule has 8 heteroatoms. The molecule has 142 valence electrons. The summed E-state index contributed by atoms with van der Waals surface area (Å²) in [6, 6.07) is 14.0. The molecule has 2 rings (SSSR count). The van der Waals surface area contributed by atoms with Crippen LogP contribution in [0.15, 0.2) is 53.6 Å². The Morgan fingerprint density at radius 2 is 1.85 bits per heavy atom. The molecule has 0 aliphatic rings. The van der Waals surface area contributed by atoms with Gasteiger partial charge in [0.05, 0.1) is 19.4 Å². The first kappa shape index (κ1) is 19.8. The molecule has 3 N–H and O–H groups in total. The second kappa shape index (κ2) is 9.81. The Balaban J connectivity index is 1.84. The third-order valence-corrected chi connectivity index (χ3v) is 3.51. The Hall–Kier alpha value is -3.55. The number of hydrogen-bond acceptors (Lipinski definition) is 6. The molecule has 0 fully saturated rings. The first-order valence-corrected chi connectivity index (χ1v) is 8.14. The molecule has 2 aromatic carbocycles. The fourth-order valence-electron chi connectivity index (χ4n) is 2.10. The van der Waals surface area contributed by atoms with Gasteiger partial charge in [0.25, 0.3) is 5.91 Å². The van der Waals surface area contributed by atoms with Crippen LogP contribution in [0.1, 0.15) is 12.5 Å². The fourth-order valence-corrected chi connectivity index (χ4v) is 2.10. The van der Waals surface area contributed by atoms with Crippen molar-refractivity contribution >= 4 is 23.3 Å². The van der Waals surface area contributed by atoms with Crippen LogP contribution in [0.25, 0.3) is 0 Å². The molecule has 2 aromatic rings. The van der Waals surface area contributed by atoms with Gasteiger partial charge in [0, 0.05) is 11.8 Å². The van der Waals surface area contributed by atoms with E-state index in [1.807, 2.05) is 18.2 Å². The normalized spacial score (nSPS) is 10.8. The molecule has 0 atom stereocenters. The molecule has 0 saturated heterocycles. The topological polar surface area (TPSA) is 109 Å². The number of nitrogens with zero attached hydrogens (tertiary/aromatic N) is 1. The van der Waals surface area contributed by atoms with Gasteiger partial charge in [-0.2, -0.15) is 5.10 Å². The van der Waals surface area contributed by atoms with Gasteiger partial charge in [0.2, 0.25) is 0 Å². The zero-order valence-electron chi connectivity index (χ0n) is 15.1. The van der Waals surface area contributed by atoms with E-state index in [0.717, 1.165) is 11.3 Å². The molecule has 0 unspecified atom stereocenters. The van der Waals surface area contributed by atoms with Crippen LogP contribution in [-0.4, -0.2) is 43.0 Å². The quantitative estimate of drug-likeness (QED) is 0.460. The van der Waals surface area contributed by atoms with Crippen molar-refractivity contribution in [1.29, 1.82) is 0 Å². The van der Waals surface area contributed by atoms with Crippen LogP contribution in [0.2, 0.25) is 0 Å². The first-order chi connectivity index (χ1) is 13.0. The lowest BCUT2D eigenvalue weighted by molar-refractivity contribution is -0.139. The minimum absolute atomic E-state index is 0.0614. The van der Waals surface area contributed by atoms with E-state index in [4.69, 9.17) is 14.6 Å². The predicted octanol–water partition coefficient (Wildman–Crippen LogP) is 2.11. The van der Waals surface area contributed by atoms with Crippen LogP contribution >= 0.6 is 0 Å². The number of hydrogen-bond donors (Lipinski definition) is 3. The Morgan fingerprint density at radius 3 is 2.52 bits per heavy atom. The number of benzene rings is 2. The molecule has 27 heavy (non-hydrogen) atoms. The van der Waals surface area contributed by atoms with Gasteiger partial charge in [-0.15, -0.1) is 0 Å². The molecular weight excluding hydrogens is 350 g/mol. The van der Waals surface area contributed by atoms with Crippen molar-refractivity contribution < 1.29 is 24.2 Å². The molecule has 0 saturated carbocycles. The fraction of sp³-hybridized carbons (Fsp3) is 0.211. The van der Waals surface area contributed by atoms with Crippen molar-refractivity contribution in [3.05, 3.63) is 54.1 Å². The second-order valence-electron chi connectivity index (χ2n) is 5.52. The van der Waals surface area contributed by atoms with Crippen LogP contribution < -0.4 is 20.2 Å². The lowest BCUT2D eigenvalue weighted by Crippen LogP contribution is -2.26. The largest absolute Gasteiger partial charge is 0.497 e. The van der Waals surface area contributed by atoms with Crippen LogP contribution in [0.4, 0.5) is 5.69 Å². The first-order valence-electron chi connectivity index (χ1n) is 8.14. The minimum atomic E-state index is -1.04. The molecular formula is C19H21N3O5. The number of nitrogens with one attached hydrogen (secondary N) is 2. The lowest BCUT2D eigenvalue weighted by atomic mass is 10.1. The highest BCUT2D eigenvalue weighted by Crippen LogP contribution is 2.16. The summed E-state index contributed by atoms with van der Waals surface area (Å²) in [6.45, 7) is 1.41. The molecule has 0 bridgehead atoms. The van der Waals surface area contributed by atoms with Crippen molar-refractivity contribution in [2.45, 2.75) is 6.92 Å². The van der Waals surface area contributed by atoms with Gasteiger partial charge in [-0.3, -0.25) is 4.79 Å². The van der Waals surface area contributed by atoms with Crippen molar-refractivity contribution in [3.63, 3.8) is 0 Å². The summed E-state index contributed by atoms with van der Waals surface area (Å²) in [5.74, 6) is -0.189. The van der Waals surface area contributed by atoms with E-state index >= 15 is 0 Å². The smallest absolute Gasteiger partial charge is 0.341 e. The summed E-state index contributed by atoms with van der Waals surface area (Å²) in [7, 11) is 1.58. The SMILES string of the molecule is COc1cccc(NCC(=O)N/N=C(/C)c2ccc(OCC(=O)O)cc2)c1. The maximum absolute atomic E-state index is 11.9. The van der Waals surface area contributed by atoms with Gasteiger partial charge in [-0.25, -0.2) is 10.2 Å². The van der Waals surface area contributed by atoms with Crippen molar-refractivity contribution in [3.8, 4) is 11.5 Å². The highest BCUT2D eigenvalue weighted by atomic mass is 16.5. The number of carbonyl (C=O) groups excluding carboxylic acids is 1. The maximum Gasteiger partial charge on any atom is 0.341 e. The van der Waals surface area contributed by atoms with Gasteiger partial charge >= 0.3 is 5.97 Å². The van der Waals surface area contributed by atoms with Gasteiger partial charge in [-0.1, -0.05) is 6.07 Å². The number of aliphatic carboxylic acids is 1. The number of rotatable bonds is 9. The Morgan fingerprint density at radius 1 is 1.11 bits per heavy atom. The van der Waals surface area contributed by atoms with Gasteiger partial charge < -0.3 is 19.9 Å². The van der Waals surface area contributed by atoms with Crippen molar-refractivity contribution in [2.24, 2.45) is 5.10 Å². The van der Waals surface area contributed by atoms with Crippen LogP contribution in [0.3, 0.4) is 0 Å². The molecule has 0 aliphatic carbocycles. The summed E-state index contributed by atoms with van der Waals surface area (Å²) in [5, 5.41) is 15.6. The van der Waals surface area contributed by atoms with Crippen LogP contribution in [0.5, 0.6) is 11.5 Å². The number of carboxylic acid groups (broad SMARTS) is 1. The number of hydrazone groups is 1. The summed E-state index contributed by atoms with van der Waals surface area (Å²) >= 11 is 0. The van der Waals surface area contributed by atoms with E-state index in [-0.39, 0.29) is 12.5 Å². The van der Waals surface area contributed by atoms with E-state index in [9.17, 15) is 9.59 Å². The third-order valence-electron chi connectivity index (χ3n) is 3.51. The lowest BCUT2D eigenvalue weighted by Gasteiger charge is -2.08. The molecule has 1 amide bonds. The average Bonchev–Trinajstić information content (AvgIpc) is 2.69. The molecule has 0 radical (unpaired) electrons. The molecule has 0 aliphatic heterocycles. The molecule has 8 nitrogen and oxygen atoms in total. The maximum atomic E-state index is 11.9. The Bertz CT molecular complexity index is 818. The number of ether oxygens (including phenoxy) is 2. The summed E-state index contributed by atoms with van der Waals surface area (Å²) in [4.78, 5) is 22.4. The summed E-state index contributed by atoms with van der Waals surface area (Å²) in [6.07, 6.45) is 0. The molecule has 0 heterocycles. The van der Waals surface area contributed by atoms with Crippen molar-refractivity contribution in [1.82, 2.24) is 5.43 Å². The minimum Gasteiger partial charge on any atom is -0.497 e. The molecule has 0 spiro atoms. The van der Waals surface area contributed by atoms with E-state index in [0.29, 0.717) is 17.2 Å². The van der Waals surface area contributed by atoms with Gasteiger partial charge in [0.1, 0.15) is 11.5 Å². The third kappa shape index (κ3) is 6.69. The highest BCUT2D eigenvalue weighted by Gasteiger charge is 2.04. The van der Waals surface area contributed by atoms with Gasteiger partial charge in [-0.05, 0) is 48.9 Å². The van der Waals surface area contributed by atoms with Crippen LogP contribution in [0, 0.1) is 0 Å². The van der Waals surface area contributed by atoms with Crippen molar-refractivity contribution in [2.75, 3.05) is 25.6 Å². The summed E-state index contributed by atoms with van der Waals surface area (Å²) < 4.78 is 10.2. The number of methoxy groups -OCH3 is 1. The van der Waals surface area contributed by atoms with E-state index < -0.39 is 12.6 Å². The monoisotopic (exact) mass is 371 g/mol. The Kier molecular flexibility index (Phi) is 7.18. The number of carboxylic acids is 1. The van der Waals surface area contributed by atoms with Crippen LogP contribution in [-0.2, 0) is 9.59 Å². The standard InChI is InChI=1S/C19H21N3O5/c1-13(14-6-8-16(9-7-14)27-12-19(24)25)21-22-18(23)11-20-15-4-3-5-17(10-15)26-2/h3-10,20H,11-12H2,1-2H3,(H,22,23)(H,24,25)/b21-13-. The zero-order valence-corrected chi connectivity index (χ0v) is 15.1.